The van der Waals surface area contributed by atoms with Crippen molar-refractivity contribution < 1.29 is 24.3 Å². The molecular weight excluding hydrogens is 228 g/mol. The standard InChI is InChI=1S/C10H12N2O5/c13-6-2-1-3-12(5-6)9(14)7-4-8(10(15)16)17-11-7/h4,6,13H,1-3,5H2,(H,15,16). The molecular formula is C10H12N2O5. The number of hydrogen-bond acceptors (Lipinski definition) is 5. The maximum atomic E-state index is 11.9. The summed E-state index contributed by atoms with van der Waals surface area (Å²) >= 11 is 0. The number of rotatable bonds is 2. The number of carbonyl (C=O) groups excluding carboxylic acids is 1. The third-order valence-corrected chi connectivity index (χ3v) is 2.62. The number of aromatic nitrogens is 1. The summed E-state index contributed by atoms with van der Waals surface area (Å²) < 4.78 is 4.51. The molecule has 0 radical (unpaired) electrons. The van der Waals surface area contributed by atoms with Gasteiger partial charge in [0, 0.05) is 19.2 Å². The first kappa shape index (κ1) is 11.6. The summed E-state index contributed by atoms with van der Waals surface area (Å²) in [5.74, 6) is -2.05. The number of nitrogens with zero attached hydrogens (tertiary/aromatic N) is 2. The van der Waals surface area contributed by atoms with E-state index in [0.717, 1.165) is 12.5 Å². The lowest BCUT2D eigenvalue weighted by molar-refractivity contribution is 0.0464. The lowest BCUT2D eigenvalue weighted by atomic mass is 10.1. The molecule has 1 aromatic heterocycles. The Morgan fingerprint density at radius 2 is 2.29 bits per heavy atom. The van der Waals surface area contributed by atoms with Crippen molar-refractivity contribution in [3.8, 4) is 0 Å². The third kappa shape index (κ3) is 2.44. The molecule has 0 spiro atoms. The number of likely N-dealkylation sites (tertiary alicyclic amines) is 1. The molecule has 1 saturated heterocycles. The predicted octanol–water partition coefficient (Wildman–Crippen LogP) is -0.0303. The van der Waals surface area contributed by atoms with Crippen LogP contribution in [0.15, 0.2) is 10.6 Å². The number of β-amino-alcohol motifs (C(OH)–C–C–N with tert-alkyl or cyclic N) is 1. The molecule has 1 fully saturated rings. The molecule has 1 atom stereocenters. The first-order valence-corrected chi connectivity index (χ1v) is 5.25. The number of aliphatic hydroxyl groups is 1. The minimum Gasteiger partial charge on any atom is -0.475 e. The summed E-state index contributed by atoms with van der Waals surface area (Å²) in [7, 11) is 0. The number of carboxylic acids is 1. The average Bonchev–Trinajstić information content (AvgIpc) is 2.77. The van der Waals surface area contributed by atoms with E-state index in [1.165, 1.54) is 4.90 Å². The SMILES string of the molecule is O=C(O)c1cc(C(=O)N2CCCC(O)C2)no1. The van der Waals surface area contributed by atoms with Gasteiger partial charge in [-0.2, -0.15) is 0 Å². The van der Waals surface area contributed by atoms with Gasteiger partial charge in [-0.05, 0) is 12.8 Å². The highest BCUT2D eigenvalue weighted by Gasteiger charge is 2.26. The van der Waals surface area contributed by atoms with Crippen LogP contribution in [0, 0.1) is 0 Å². The van der Waals surface area contributed by atoms with Crippen LogP contribution in [-0.2, 0) is 0 Å². The van der Waals surface area contributed by atoms with E-state index in [-0.39, 0.29) is 18.0 Å². The maximum Gasteiger partial charge on any atom is 0.374 e. The highest BCUT2D eigenvalue weighted by atomic mass is 16.5. The van der Waals surface area contributed by atoms with E-state index < -0.39 is 18.0 Å². The summed E-state index contributed by atoms with van der Waals surface area (Å²) in [4.78, 5) is 23.9. The van der Waals surface area contributed by atoms with Gasteiger partial charge in [-0.3, -0.25) is 4.79 Å². The molecule has 2 rings (SSSR count). The molecule has 0 saturated carbocycles. The second-order valence-corrected chi connectivity index (χ2v) is 3.93. The van der Waals surface area contributed by atoms with Crippen molar-refractivity contribution in [1.29, 1.82) is 0 Å². The zero-order valence-corrected chi connectivity index (χ0v) is 9.00. The second-order valence-electron chi connectivity index (χ2n) is 3.93. The number of piperidine rings is 1. The van der Waals surface area contributed by atoms with Crippen LogP contribution in [-0.4, -0.2) is 51.3 Å². The van der Waals surface area contributed by atoms with Crippen LogP contribution >= 0.6 is 0 Å². The van der Waals surface area contributed by atoms with Crippen LogP contribution in [0.3, 0.4) is 0 Å². The largest absolute Gasteiger partial charge is 0.475 e. The van der Waals surface area contributed by atoms with E-state index >= 15 is 0 Å². The molecule has 1 aliphatic heterocycles. The van der Waals surface area contributed by atoms with Crippen molar-refractivity contribution in [2.75, 3.05) is 13.1 Å². The lowest BCUT2D eigenvalue weighted by Gasteiger charge is -2.29. The Morgan fingerprint density at radius 1 is 1.53 bits per heavy atom. The number of amides is 1. The normalized spacial score (nSPS) is 20.3. The zero-order valence-electron chi connectivity index (χ0n) is 9.00. The van der Waals surface area contributed by atoms with Crippen LogP contribution < -0.4 is 0 Å². The van der Waals surface area contributed by atoms with Gasteiger partial charge in [0.25, 0.3) is 5.91 Å². The Morgan fingerprint density at radius 3 is 2.88 bits per heavy atom. The summed E-state index contributed by atoms with van der Waals surface area (Å²) in [6.45, 7) is 0.777. The Balaban J connectivity index is 2.10. The Hall–Kier alpha value is -1.89. The Labute approximate surface area is 96.6 Å². The predicted molar refractivity (Wildman–Crippen MR) is 54.6 cm³/mol. The van der Waals surface area contributed by atoms with Crippen LogP contribution in [0.1, 0.15) is 33.9 Å². The third-order valence-electron chi connectivity index (χ3n) is 2.62. The number of carbonyl (C=O) groups is 2. The first-order valence-electron chi connectivity index (χ1n) is 5.25. The fourth-order valence-corrected chi connectivity index (χ4v) is 1.78. The van der Waals surface area contributed by atoms with Gasteiger partial charge in [-0.15, -0.1) is 0 Å². The molecule has 7 nitrogen and oxygen atoms in total. The maximum absolute atomic E-state index is 11.9. The average molecular weight is 240 g/mol. The van der Waals surface area contributed by atoms with Crippen LogP contribution in [0.25, 0.3) is 0 Å². The van der Waals surface area contributed by atoms with Crippen molar-refractivity contribution in [2.45, 2.75) is 18.9 Å². The summed E-state index contributed by atoms with van der Waals surface area (Å²) in [6.07, 6.45) is 0.859. The molecule has 7 heteroatoms. The van der Waals surface area contributed by atoms with Crippen LogP contribution in [0.2, 0.25) is 0 Å². The Bertz CT molecular complexity index is 442. The van der Waals surface area contributed by atoms with Crippen molar-refractivity contribution in [3.05, 3.63) is 17.5 Å². The first-order chi connectivity index (χ1) is 8.08. The number of hydrogen-bond donors (Lipinski definition) is 2. The molecule has 17 heavy (non-hydrogen) atoms. The molecule has 1 amide bonds. The second kappa shape index (κ2) is 4.54. The van der Waals surface area contributed by atoms with Gasteiger partial charge in [0.1, 0.15) is 0 Å². The van der Waals surface area contributed by atoms with E-state index in [0.29, 0.717) is 13.0 Å². The number of aromatic carboxylic acids is 1. The molecule has 0 bridgehead atoms. The lowest BCUT2D eigenvalue weighted by Crippen LogP contribution is -2.42. The van der Waals surface area contributed by atoms with Crippen molar-refractivity contribution in [2.24, 2.45) is 0 Å². The molecule has 0 aliphatic carbocycles. The minimum atomic E-state index is -1.27. The van der Waals surface area contributed by atoms with Crippen molar-refractivity contribution in [1.82, 2.24) is 10.1 Å². The monoisotopic (exact) mass is 240 g/mol. The summed E-state index contributed by atoms with van der Waals surface area (Å²) in [6, 6.07) is 1.09. The number of carboxylic acid groups (broad SMARTS) is 1. The quantitative estimate of drug-likeness (QED) is 0.752. The van der Waals surface area contributed by atoms with Gasteiger partial charge in [0.2, 0.25) is 5.76 Å². The molecule has 1 unspecified atom stereocenters. The summed E-state index contributed by atoms with van der Waals surface area (Å²) in [5, 5.41) is 21.5. The van der Waals surface area contributed by atoms with E-state index in [9.17, 15) is 14.7 Å². The molecule has 2 N–H and O–H groups in total. The van der Waals surface area contributed by atoms with E-state index in [1.54, 1.807) is 0 Å². The van der Waals surface area contributed by atoms with Crippen molar-refractivity contribution >= 4 is 11.9 Å². The van der Waals surface area contributed by atoms with Gasteiger partial charge >= 0.3 is 5.97 Å². The minimum absolute atomic E-state index is 0.0449. The highest BCUT2D eigenvalue weighted by Crippen LogP contribution is 2.14. The van der Waals surface area contributed by atoms with Gasteiger partial charge in [0.05, 0.1) is 6.10 Å². The highest BCUT2D eigenvalue weighted by molar-refractivity contribution is 5.94. The van der Waals surface area contributed by atoms with Crippen molar-refractivity contribution in [3.63, 3.8) is 0 Å². The van der Waals surface area contributed by atoms with E-state index in [2.05, 4.69) is 9.68 Å². The van der Waals surface area contributed by atoms with Crippen LogP contribution in [0.5, 0.6) is 0 Å². The topological polar surface area (TPSA) is 104 Å². The fourth-order valence-electron chi connectivity index (χ4n) is 1.78. The molecule has 2 heterocycles. The molecule has 92 valence electrons. The van der Waals surface area contributed by atoms with E-state index in [1.807, 2.05) is 0 Å². The fraction of sp³-hybridized carbons (Fsp3) is 0.500. The summed E-state index contributed by atoms with van der Waals surface area (Å²) in [5.41, 5.74) is -0.0449. The Kier molecular flexibility index (Phi) is 3.10. The number of aliphatic hydroxyl groups excluding tert-OH is 1. The van der Waals surface area contributed by atoms with Gasteiger partial charge in [-0.25, -0.2) is 4.79 Å². The van der Waals surface area contributed by atoms with Gasteiger partial charge in [0.15, 0.2) is 5.69 Å². The molecule has 1 aromatic rings. The van der Waals surface area contributed by atoms with E-state index in [4.69, 9.17) is 5.11 Å². The molecule has 1 aliphatic rings. The molecule has 0 aromatic carbocycles. The van der Waals surface area contributed by atoms with Gasteiger partial charge in [-0.1, -0.05) is 5.16 Å². The van der Waals surface area contributed by atoms with Gasteiger partial charge < -0.3 is 19.6 Å². The van der Waals surface area contributed by atoms with Crippen LogP contribution in [0.4, 0.5) is 0 Å². The smallest absolute Gasteiger partial charge is 0.374 e. The zero-order chi connectivity index (χ0) is 12.4.